The van der Waals surface area contributed by atoms with Crippen molar-refractivity contribution < 1.29 is 12.3 Å². The van der Waals surface area contributed by atoms with Crippen molar-refractivity contribution in [1.29, 1.82) is 5.26 Å². The van der Waals surface area contributed by atoms with Crippen LogP contribution in [0.2, 0.25) is 0 Å². The molecule has 1 saturated heterocycles. The predicted molar refractivity (Wildman–Crippen MR) is 107 cm³/mol. The SMILES string of the molecule is [2H]C([2H])(N1C[C@@]2(CCC[C@H](Cn3cnc4ccc(C#N)cc43)C2)OC1=O)C(C)(C)C. The fourth-order valence-corrected chi connectivity index (χ4v) is 4.50. The van der Waals surface area contributed by atoms with E-state index >= 15 is 0 Å². The van der Waals surface area contributed by atoms with E-state index in [0.717, 1.165) is 36.8 Å². The first-order chi connectivity index (χ1) is 14.0. The average Bonchev–Trinajstić information content (AvgIpc) is 3.21. The number of carbonyl (C=O) groups is 1. The first kappa shape index (κ1) is 16.4. The summed E-state index contributed by atoms with van der Waals surface area (Å²) >= 11 is 0. The van der Waals surface area contributed by atoms with Crippen molar-refractivity contribution in [3.63, 3.8) is 0 Å². The highest BCUT2D eigenvalue weighted by Gasteiger charge is 2.48. The van der Waals surface area contributed by atoms with Crippen molar-refractivity contribution in [2.24, 2.45) is 11.3 Å². The second kappa shape index (κ2) is 6.80. The highest BCUT2D eigenvalue weighted by Crippen LogP contribution is 2.41. The minimum atomic E-state index is -1.78. The van der Waals surface area contributed by atoms with E-state index in [9.17, 15) is 10.1 Å². The molecule has 1 aromatic carbocycles. The van der Waals surface area contributed by atoms with Gasteiger partial charge in [-0.2, -0.15) is 5.26 Å². The number of hydrogen-bond acceptors (Lipinski definition) is 4. The number of nitrogens with zero attached hydrogens (tertiary/aromatic N) is 4. The zero-order valence-electron chi connectivity index (χ0n) is 18.7. The van der Waals surface area contributed by atoms with Crippen LogP contribution in [0.25, 0.3) is 11.0 Å². The molecule has 0 unspecified atom stereocenters. The van der Waals surface area contributed by atoms with Gasteiger partial charge >= 0.3 is 6.09 Å². The van der Waals surface area contributed by atoms with Crippen LogP contribution in [-0.2, 0) is 11.3 Å². The van der Waals surface area contributed by atoms with Gasteiger partial charge in [0.1, 0.15) is 5.60 Å². The number of benzene rings is 1. The van der Waals surface area contributed by atoms with E-state index in [0.29, 0.717) is 12.0 Å². The van der Waals surface area contributed by atoms with Crippen LogP contribution in [0.15, 0.2) is 24.5 Å². The van der Waals surface area contributed by atoms with Crippen molar-refractivity contribution in [3.05, 3.63) is 30.1 Å². The number of amides is 1. The molecule has 2 atom stereocenters. The first-order valence-electron chi connectivity index (χ1n) is 10.9. The molecular weight excluding hydrogens is 352 g/mol. The Labute approximate surface area is 168 Å². The lowest BCUT2D eigenvalue weighted by Gasteiger charge is -2.36. The normalized spacial score (nSPS) is 26.9. The van der Waals surface area contributed by atoms with Crippen LogP contribution < -0.4 is 0 Å². The summed E-state index contributed by atoms with van der Waals surface area (Å²) in [6.07, 6.45) is 4.66. The van der Waals surface area contributed by atoms with E-state index in [4.69, 9.17) is 7.48 Å². The maximum Gasteiger partial charge on any atom is 0.410 e. The molecule has 1 saturated carbocycles. The van der Waals surface area contributed by atoms with E-state index in [1.165, 1.54) is 4.90 Å². The number of aromatic nitrogens is 2. The summed E-state index contributed by atoms with van der Waals surface area (Å²) < 4.78 is 24.9. The molecule has 1 aromatic heterocycles. The van der Waals surface area contributed by atoms with Gasteiger partial charge in [-0.25, -0.2) is 9.78 Å². The topological polar surface area (TPSA) is 71.2 Å². The molecule has 1 aliphatic heterocycles. The maximum absolute atomic E-state index is 12.6. The summed E-state index contributed by atoms with van der Waals surface area (Å²) in [5.41, 5.74) is 1.06. The third kappa shape index (κ3) is 3.71. The van der Waals surface area contributed by atoms with Gasteiger partial charge in [-0.15, -0.1) is 0 Å². The Morgan fingerprint density at radius 2 is 2.29 bits per heavy atom. The molecule has 2 fully saturated rings. The lowest BCUT2D eigenvalue weighted by atomic mass is 9.77. The Hall–Kier alpha value is -2.55. The average molecular weight is 383 g/mol. The lowest BCUT2D eigenvalue weighted by molar-refractivity contribution is 0.00413. The van der Waals surface area contributed by atoms with Gasteiger partial charge in [0.15, 0.2) is 0 Å². The number of ether oxygens (including phenoxy) is 1. The van der Waals surface area contributed by atoms with Crippen LogP contribution >= 0.6 is 0 Å². The fraction of sp³-hybridized carbons (Fsp3) is 0.591. The van der Waals surface area contributed by atoms with Crippen molar-refractivity contribution in [2.45, 2.75) is 58.6 Å². The molecular formula is C22H28N4O2. The number of carbonyl (C=O) groups excluding carboxylic acids is 1. The van der Waals surface area contributed by atoms with Crippen LogP contribution in [0.1, 0.15) is 54.8 Å². The number of fused-ring (bicyclic) bond motifs is 1. The zero-order valence-corrected chi connectivity index (χ0v) is 16.7. The summed E-state index contributed by atoms with van der Waals surface area (Å²) in [6.45, 7) is 4.64. The van der Waals surface area contributed by atoms with Crippen LogP contribution in [0, 0.1) is 22.7 Å². The summed E-state index contributed by atoms with van der Waals surface area (Å²) in [7, 11) is 0. The van der Waals surface area contributed by atoms with E-state index in [-0.39, 0.29) is 12.5 Å². The molecule has 2 heterocycles. The molecule has 2 aliphatic rings. The third-order valence-corrected chi connectivity index (χ3v) is 5.55. The molecule has 0 bridgehead atoms. The molecule has 0 radical (unpaired) electrons. The molecule has 1 aliphatic carbocycles. The molecule has 148 valence electrons. The Morgan fingerprint density at radius 1 is 1.46 bits per heavy atom. The molecule has 1 amide bonds. The molecule has 2 aromatic rings. The van der Waals surface area contributed by atoms with Gasteiger partial charge in [0.05, 0.1) is 38.3 Å². The summed E-state index contributed by atoms with van der Waals surface area (Å²) in [6, 6.07) is 7.66. The van der Waals surface area contributed by atoms with Crippen molar-refractivity contribution in [2.75, 3.05) is 13.0 Å². The number of nitriles is 1. The van der Waals surface area contributed by atoms with E-state index in [1.54, 1.807) is 33.2 Å². The quantitative estimate of drug-likeness (QED) is 0.792. The minimum absolute atomic E-state index is 0.287. The minimum Gasteiger partial charge on any atom is -0.441 e. The van der Waals surface area contributed by atoms with Crippen molar-refractivity contribution in [1.82, 2.24) is 14.5 Å². The van der Waals surface area contributed by atoms with Crippen molar-refractivity contribution >= 4 is 17.1 Å². The number of hydrogen-bond donors (Lipinski definition) is 0. The molecule has 0 N–H and O–H groups in total. The van der Waals surface area contributed by atoms with Gasteiger partial charge in [0.25, 0.3) is 0 Å². The van der Waals surface area contributed by atoms with Crippen molar-refractivity contribution in [3.8, 4) is 6.07 Å². The van der Waals surface area contributed by atoms with Gasteiger partial charge in [-0.05, 0) is 55.2 Å². The van der Waals surface area contributed by atoms with Crippen LogP contribution in [0.4, 0.5) is 4.79 Å². The molecule has 4 rings (SSSR count). The second-order valence-corrected chi connectivity index (χ2v) is 9.17. The first-order valence-corrected chi connectivity index (χ1v) is 9.90. The molecule has 28 heavy (non-hydrogen) atoms. The predicted octanol–water partition coefficient (Wildman–Crippen LogP) is 4.34. The third-order valence-electron chi connectivity index (χ3n) is 5.55. The largest absolute Gasteiger partial charge is 0.441 e. The van der Waals surface area contributed by atoms with Crippen LogP contribution in [-0.4, -0.2) is 39.2 Å². The van der Waals surface area contributed by atoms with Crippen LogP contribution in [0.5, 0.6) is 0 Å². The summed E-state index contributed by atoms with van der Waals surface area (Å²) in [5, 5.41) is 9.20. The second-order valence-electron chi connectivity index (χ2n) is 9.17. The smallest absolute Gasteiger partial charge is 0.410 e. The highest BCUT2D eigenvalue weighted by atomic mass is 16.6. The van der Waals surface area contributed by atoms with E-state index < -0.39 is 23.6 Å². The van der Waals surface area contributed by atoms with Crippen LogP contribution in [0.3, 0.4) is 0 Å². The summed E-state index contributed by atoms with van der Waals surface area (Å²) in [4.78, 5) is 18.3. The lowest BCUT2D eigenvalue weighted by Crippen LogP contribution is -2.41. The Bertz CT molecular complexity index is 1020. The Balaban J connectivity index is 1.53. The molecule has 6 heteroatoms. The van der Waals surface area contributed by atoms with E-state index in [2.05, 4.69) is 15.6 Å². The van der Waals surface area contributed by atoms with Gasteiger partial charge < -0.3 is 14.2 Å². The van der Waals surface area contributed by atoms with Gasteiger partial charge in [-0.1, -0.05) is 20.8 Å². The summed E-state index contributed by atoms with van der Waals surface area (Å²) in [5.74, 6) is 0.287. The van der Waals surface area contributed by atoms with Gasteiger partial charge in [-0.3, -0.25) is 0 Å². The van der Waals surface area contributed by atoms with Gasteiger partial charge in [0.2, 0.25) is 0 Å². The fourth-order valence-electron chi connectivity index (χ4n) is 4.50. The molecule has 6 nitrogen and oxygen atoms in total. The van der Waals surface area contributed by atoms with E-state index in [1.807, 2.05) is 12.1 Å². The Morgan fingerprint density at radius 3 is 3.04 bits per heavy atom. The number of rotatable bonds is 3. The number of imidazole rings is 1. The highest BCUT2D eigenvalue weighted by molar-refractivity contribution is 5.77. The maximum atomic E-state index is 12.6. The Kier molecular flexibility index (Phi) is 3.99. The zero-order chi connectivity index (χ0) is 21.7. The monoisotopic (exact) mass is 382 g/mol. The molecule has 1 spiro atoms. The standard InChI is InChI=1S/C22H28N4O2/c1-21(2,3)13-26-14-22(28-20(26)27)8-4-5-17(10-22)12-25-15-24-18-7-6-16(11-23)9-19(18)25/h6-7,9,15,17H,4-5,8,10,12-14H2,1-3H3/t17-,22-/m0/s1/i13D2. The van der Waals surface area contributed by atoms with Gasteiger partial charge in [0, 0.05) is 13.0 Å².